The lowest BCUT2D eigenvalue weighted by atomic mass is 10.2. The van der Waals surface area contributed by atoms with E-state index >= 15 is 0 Å². The van der Waals surface area contributed by atoms with Crippen molar-refractivity contribution >= 4 is 28.9 Å². The summed E-state index contributed by atoms with van der Waals surface area (Å²) in [5.41, 5.74) is 2.80. The van der Waals surface area contributed by atoms with E-state index in [-0.39, 0.29) is 0 Å². The molecule has 0 atom stereocenters. The molecule has 0 aliphatic rings. The molecule has 0 saturated carbocycles. The second-order valence-electron chi connectivity index (χ2n) is 6.36. The maximum absolute atomic E-state index is 12.8. The van der Waals surface area contributed by atoms with Crippen molar-refractivity contribution in [2.45, 2.75) is 0 Å². The van der Waals surface area contributed by atoms with E-state index in [1.807, 2.05) is 121 Å². The Balaban J connectivity index is 1.60. The molecule has 4 aromatic rings. The zero-order valence-electron chi connectivity index (χ0n) is 16.2. The number of para-hydroxylation sites is 4. The van der Waals surface area contributed by atoms with Gasteiger partial charge in [0.25, 0.3) is 0 Å². The lowest BCUT2D eigenvalue weighted by Crippen LogP contribution is -2.28. The number of benzene rings is 4. The third-order valence-electron chi connectivity index (χ3n) is 4.29. The molecule has 0 saturated heterocycles. The molecule has 0 fully saturated rings. The average Bonchev–Trinajstić information content (AvgIpc) is 2.83. The Morgan fingerprint density at radius 3 is 0.900 bits per heavy atom. The molecule has 5 nitrogen and oxygen atoms in total. The van der Waals surface area contributed by atoms with Gasteiger partial charge in [-0.05, 0) is 48.5 Å². The van der Waals surface area contributed by atoms with Crippen LogP contribution in [0.1, 0.15) is 0 Å². The van der Waals surface area contributed by atoms with Crippen LogP contribution in [0.2, 0.25) is 0 Å². The fraction of sp³-hybridized carbons (Fsp3) is 0. The Morgan fingerprint density at radius 1 is 0.433 bits per heavy atom. The maximum Gasteiger partial charge on any atom is 0.559 e. The summed E-state index contributed by atoms with van der Waals surface area (Å²) >= 11 is 0. The van der Waals surface area contributed by atoms with Gasteiger partial charge in [-0.3, -0.25) is 9.68 Å². The van der Waals surface area contributed by atoms with E-state index in [1.165, 1.54) is 10.1 Å². The van der Waals surface area contributed by atoms with Gasteiger partial charge in [0.1, 0.15) is 0 Å². The van der Waals surface area contributed by atoms with Crippen molar-refractivity contribution < 1.29 is 14.5 Å². The Bertz CT molecular complexity index is 893. The molecule has 148 valence electrons. The van der Waals surface area contributed by atoms with Crippen molar-refractivity contribution in [3.05, 3.63) is 121 Å². The predicted octanol–water partition coefficient (Wildman–Crippen LogP) is 6.65. The highest BCUT2D eigenvalue weighted by Gasteiger charge is 2.21. The minimum Gasteiger partial charge on any atom is -0.299 e. The van der Waals surface area contributed by atoms with Crippen molar-refractivity contribution in [3.63, 3.8) is 0 Å². The second-order valence-corrected chi connectivity index (χ2v) is 6.36. The molecule has 0 heterocycles. The van der Waals surface area contributed by atoms with E-state index in [0.717, 1.165) is 0 Å². The number of nitrogens with zero attached hydrogens (tertiary/aromatic N) is 2. The summed E-state index contributed by atoms with van der Waals surface area (Å²) in [6.07, 6.45) is -0.865. The van der Waals surface area contributed by atoms with Crippen LogP contribution in [-0.4, -0.2) is 6.16 Å². The zero-order chi connectivity index (χ0) is 20.6. The number of hydrogen-bond donors (Lipinski definition) is 0. The summed E-state index contributed by atoms with van der Waals surface area (Å²) in [7, 11) is 0. The molecule has 0 aliphatic heterocycles. The van der Waals surface area contributed by atoms with Crippen molar-refractivity contribution in [2.24, 2.45) is 0 Å². The van der Waals surface area contributed by atoms with Gasteiger partial charge < -0.3 is 0 Å². The number of hydrogen-bond acceptors (Lipinski definition) is 5. The normalized spacial score (nSPS) is 10.1. The predicted molar refractivity (Wildman–Crippen MR) is 118 cm³/mol. The maximum atomic E-state index is 12.8. The van der Waals surface area contributed by atoms with Crippen LogP contribution in [0, 0.1) is 0 Å². The first-order valence-corrected chi connectivity index (χ1v) is 9.51. The smallest absolute Gasteiger partial charge is 0.299 e. The summed E-state index contributed by atoms with van der Waals surface area (Å²) in [6, 6.07) is 37.4. The number of carbonyl (C=O) groups excluding carboxylic acids is 1. The molecule has 4 aromatic carbocycles. The summed E-state index contributed by atoms with van der Waals surface area (Å²) in [4.78, 5) is 24.1. The molecule has 4 rings (SSSR count). The SMILES string of the molecule is O=C(ON(c1ccccc1)c1ccccc1)ON(c1ccccc1)c1ccccc1. The first kappa shape index (κ1) is 19.1. The number of rotatable bonds is 6. The van der Waals surface area contributed by atoms with Crippen molar-refractivity contribution in [2.75, 3.05) is 10.1 Å². The molecule has 0 N–H and O–H groups in total. The van der Waals surface area contributed by atoms with Crippen LogP contribution in [0.5, 0.6) is 0 Å². The van der Waals surface area contributed by atoms with Crippen molar-refractivity contribution in [3.8, 4) is 0 Å². The standard InChI is InChI=1S/C25H20N2O3/c28-25(29-26(21-13-5-1-6-14-21)22-15-7-2-8-16-22)30-27(23-17-9-3-10-18-23)24-19-11-4-12-20-24/h1-20H. The number of carbonyl (C=O) groups is 1. The third kappa shape index (κ3) is 4.59. The van der Waals surface area contributed by atoms with Gasteiger partial charge in [-0.15, -0.1) is 0 Å². The van der Waals surface area contributed by atoms with Crippen molar-refractivity contribution in [1.82, 2.24) is 0 Å². The Kier molecular flexibility index (Phi) is 5.91. The van der Waals surface area contributed by atoms with E-state index < -0.39 is 6.16 Å². The molecule has 0 aromatic heterocycles. The molecule has 0 bridgehead atoms. The summed E-state index contributed by atoms with van der Waals surface area (Å²) in [5.74, 6) is 0. The van der Waals surface area contributed by atoms with Gasteiger partial charge in [-0.1, -0.05) is 72.8 Å². The second kappa shape index (κ2) is 9.30. The molecule has 0 unspecified atom stereocenters. The number of anilines is 4. The largest absolute Gasteiger partial charge is 0.559 e. The van der Waals surface area contributed by atoms with Crippen molar-refractivity contribution in [1.29, 1.82) is 0 Å². The highest BCUT2D eigenvalue weighted by molar-refractivity contribution is 5.71. The molecular formula is C25H20N2O3. The van der Waals surface area contributed by atoms with Crippen LogP contribution in [0.3, 0.4) is 0 Å². The van der Waals surface area contributed by atoms with Gasteiger partial charge in [0.05, 0.1) is 22.7 Å². The average molecular weight is 396 g/mol. The molecule has 0 radical (unpaired) electrons. The molecule has 30 heavy (non-hydrogen) atoms. The van der Waals surface area contributed by atoms with Crippen LogP contribution >= 0.6 is 0 Å². The topological polar surface area (TPSA) is 42.0 Å². The van der Waals surface area contributed by atoms with Crippen LogP contribution < -0.4 is 10.1 Å². The summed E-state index contributed by atoms with van der Waals surface area (Å²) in [6.45, 7) is 0. The summed E-state index contributed by atoms with van der Waals surface area (Å²) in [5, 5.41) is 2.88. The highest BCUT2D eigenvalue weighted by Crippen LogP contribution is 2.28. The lowest BCUT2D eigenvalue weighted by Gasteiger charge is -2.26. The van der Waals surface area contributed by atoms with Gasteiger partial charge >= 0.3 is 6.16 Å². The zero-order valence-corrected chi connectivity index (χ0v) is 16.2. The van der Waals surface area contributed by atoms with E-state index in [0.29, 0.717) is 22.7 Å². The first-order chi connectivity index (χ1) is 14.8. The van der Waals surface area contributed by atoms with Gasteiger partial charge in [-0.2, -0.15) is 14.9 Å². The van der Waals surface area contributed by atoms with E-state index in [4.69, 9.17) is 9.68 Å². The fourth-order valence-electron chi connectivity index (χ4n) is 2.93. The Labute approximate surface area is 175 Å². The van der Waals surface area contributed by atoms with Gasteiger partial charge in [0, 0.05) is 0 Å². The molecule has 5 heteroatoms. The Hall–Kier alpha value is -4.25. The first-order valence-electron chi connectivity index (χ1n) is 9.51. The monoisotopic (exact) mass is 396 g/mol. The van der Waals surface area contributed by atoms with Crippen LogP contribution in [0.15, 0.2) is 121 Å². The summed E-state index contributed by atoms with van der Waals surface area (Å²) < 4.78 is 0. The van der Waals surface area contributed by atoms with Crippen LogP contribution in [0.25, 0.3) is 0 Å². The van der Waals surface area contributed by atoms with Gasteiger partial charge in [0.15, 0.2) is 0 Å². The van der Waals surface area contributed by atoms with E-state index in [9.17, 15) is 4.79 Å². The van der Waals surface area contributed by atoms with E-state index in [1.54, 1.807) is 0 Å². The minimum absolute atomic E-state index is 0.701. The molecular weight excluding hydrogens is 376 g/mol. The quantitative estimate of drug-likeness (QED) is 0.342. The third-order valence-corrected chi connectivity index (χ3v) is 4.29. The lowest BCUT2D eigenvalue weighted by molar-refractivity contribution is 0.0552. The Morgan fingerprint density at radius 2 is 0.667 bits per heavy atom. The highest BCUT2D eigenvalue weighted by atomic mass is 16.9. The van der Waals surface area contributed by atoms with Gasteiger partial charge in [-0.25, -0.2) is 0 Å². The van der Waals surface area contributed by atoms with Crippen LogP contribution in [-0.2, 0) is 9.68 Å². The van der Waals surface area contributed by atoms with E-state index in [2.05, 4.69) is 0 Å². The fourth-order valence-corrected chi connectivity index (χ4v) is 2.93. The molecule has 0 aliphatic carbocycles. The molecule has 0 spiro atoms. The minimum atomic E-state index is -0.865. The van der Waals surface area contributed by atoms with Crippen LogP contribution in [0.4, 0.5) is 27.5 Å². The van der Waals surface area contributed by atoms with Gasteiger partial charge in [0.2, 0.25) is 0 Å². The molecule has 0 amide bonds.